The molecule has 9 nitrogen and oxygen atoms in total. The Hall–Kier alpha value is -3.43. The summed E-state index contributed by atoms with van der Waals surface area (Å²) < 4.78 is 17.2. The predicted molar refractivity (Wildman–Crippen MR) is 129 cm³/mol. The molecule has 36 heavy (non-hydrogen) atoms. The van der Waals surface area contributed by atoms with Crippen LogP contribution in [0.15, 0.2) is 48.5 Å². The lowest BCUT2D eigenvalue weighted by Crippen LogP contribution is -2.59. The minimum Gasteiger partial charge on any atom is -0.481 e. The third-order valence-corrected chi connectivity index (χ3v) is 7.22. The average Bonchev–Trinajstić information content (AvgIpc) is 3.47. The van der Waals surface area contributed by atoms with Crippen LogP contribution in [0.25, 0.3) is 11.1 Å². The number of carbonyl (C=O) groups excluding carboxylic acids is 2. The van der Waals surface area contributed by atoms with E-state index in [2.05, 4.69) is 10.6 Å². The molecule has 2 aromatic carbocycles. The number of nitrogens with one attached hydrogen (secondary N) is 2. The Morgan fingerprint density at radius 2 is 1.64 bits per heavy atom. The highest BCUT2D eigenvalue weighted by atomic mass is 16.7. The molecule has 3 aliphatic rings. The molecule has 1 saturated carbocycles. The number of hydrogen-bond acceptors (Lipinski definition) is 6. The zero-order valence-corrected chi connectivity index (χ0v) is 19.9. The van der Waals surface area contributed by atoms with E-state index in [1.54, 1.807) is 0 Å². The highest BCUT2D eigenvalue weighted by molar-refractivity contribution is 5.89. The third-order valence-electron chi connectivity index (χ3n) is 7.22. The van der Waals surface area contributed by atoms with Crippen LogP contribution < -0.4 is 10.6 Å². The molecule has 2 atom stereocenters. The normalized spacial score (nSPS) is 20.8. The number of alkyl carbamates (subject to hydrolysis) is 1. The van der Waals surface area contributed by atoms with E-state index in [-0.39, 0.29) is 12.5 Å². The lowest BCUT2D eigenvalue weighted by molar-refractivity contribution is -0.196. The zero-order valence-electron chi connectivity index (χ0n) is 19.9. The van der Waals surface area contributed by atoms with Crippen LogP contribution in [-0.2, 0) is 23.8 Å². The number of carboxylic acid groups (broad SMARTS) is 1. The summed E-state index contributed by atoms with van der Waals surface area (Å²) in [5.41, 5.74) is 4.32. The monoisotopic (exact) mass is 494 g/mol. The molecule has 1 heterocycles. The van der Waals surface area contributed by atoms with Gasteiger partial charge in [-0.3, -0.25) is 9.59 Å². The Labute approximate surface area is 209 Å². The number of amides is 2. The molecule has 2 amide bonds. The van der Waals surface area contributed by atoms with Gasteiger partial charge in [-0.2, -0.15) is 0 Å². The summed E-state index contributed by atoms with van der Waals surface area (Å²) in [6.45, 7) is 0.959. The van der Waals surface area contributed by atoms with Crippen LogP contribution >= 0.6 is 0 Å². The number of ether oxygens (including phenoxy) is 3. The fourth-order valence-corrected chi connectivity index (χ4v) is 5.55. The second kappa shape index (κ2) is 10.3. The zero-order chi connectivity index (χ0) is 25.1. The summed E-state index contributed by atoms with van der Waals surface area (Å²) in [6, 6.07) is 14.2. The first-order chi connectivity index (χ1) is 17.5. The largest absolute Gasteiger partial charge is 0.481 e. The second-order valence-corrected chi connectivity index (χ2v) is 9.44. The lowest BCUT2D eigenvalue weighted by Gasteiger charge is -2.40. The van der Waals surface area contributed by atoms with Gasteiger partial charge in [0.25, 0.3) is 0 Å². The number of aliphatic carboxylic acids is 1. The Bertz CT molecular complexity index is 1100. The molecule has 0 radical (unpaired) electrons. The van der Waals surface area contributed by atoms with E-state index in [4.69, 9.17) is 14.2 Å². The van der Waals surface area contributed by atoms with Gasteiger partial charge in [-0.05, 0) is 35.1 Å². The van der Waals surface area contributed by atoms with E-state index in [0.29, 0.717) is 26.1 Å². The summed E-state index contributed by atoms with van der Waals surface area (Å²) >= 11 is 0. The first kappa shape index (κ1) is 24.3. The third kappa shape index (κ3) is 4.81. The van der Waals surface area contributed by atoms with E-state index in [1.165, 1.54) is 0 Å². The maximum Gasteiger partial charge on any atom is 0.407 e. The number of benzene rings is 2. The standard InChI is InChI=1S/C27H30N2O7/c30-24(31)15-22(25(32)29-23-11-5-6-12-27(23)35-13-14-36-27)28-26(33)34-16-21-19-9-3-1-7-17(19)18-8-2-4-10-20(18)21/h1-4,7-10,21-23H,5-6,11-16H2,(H,28,33)(H,29,32)(H,30,31). The van der Waals surface area contributed by atoms with Crippen LogP contribution in [0.5, 0.6) is 0 Å². The maximum atomic E-state index is 13.1. The van der Waals surface area contributed by atoms with Crippen LogP contribution in [0.3, 0.4) is 0 Å². The van der Waals surface area contributed by atoms with Crippen molar-refractivity contribution in [2.75, 3.05) is 19.8 Å². The Morgan fingerprint density at radius 3 is 2.28 bits per heavy atom. The van der Waals surface area contributed by atoms with E-state index in [0.717, 1.165) is 35.1 Å². The average molecular weight is 495 g/mol. The maximum absolute atomic E-state index is 13.1. The van der Waals surface area contributed by atoms with Gasteiger partial charge in [-0.25, -0.2) is 4.79 Å². The van der Waals surface area contributed by atoms with Crippen molar-refractivity contribution >= 4 is 18.0 Å². The molecule has 9 heteroatoms. The van der Waals surface area contributed by atoms with Crippen LogP contribution in [0.1, 0.15) is 49.1 Å². The number of carbonyl (C=O) groups is 3. The topological polar surface area (TPSA) is 123 Å². The minimum atomic E-state index is -1.29. The van der Waals surface area contributed by atoms with Crippen LogP contribution in [0.4, 0.5) is 4.79 Å². The predicted octanol–water partition coefficient (Wildman–Crippen LogP) is 3.17. The number of hydrogen-bond donors (Lipinski definition) is 3. The van der Waals surface area contributed by atoms with Gasteiger partial charge in [-0.1, -0.05) is 55.0 Å². The van der Waals surface area contributed by atoms with Gasteiger partial charge in [0.15, 0.2) is 5.79 Å². The van der Waals surface area contributed by atoms with Gasteiger partial charge in [0.1, 0.15) is 12.6 Å². The van der Waals surface area contributed by atoms with Crippen molar-refractivity contribution in [3.8, 4) is 11.1 Å². The molecule has 0 aromatic heterocycles. The molecule has 1 saturated heterocycles. The molecule has 5 rings (SSSR count). The molecular weight excluding hydrogens is 464 g/mol. The number of fused-ring (bicyclic) bond motifs is 3. The molecule has 2 fully saturated rings. The molecular formula is C27H30N2O7. The highest BCUT2D eigenvalue weighted by Crippen LogP contribution is 2.44. The fourth-order valence-electron chi connectivity index (χ4n) is 5.55. The van der Waals surface area contributed by atoms with E-state index >= 15 is 0 Å². The minimum absolute atomic E-state index is 0.0642. The second-order valence-electron chi connectivity index (χ2n) is 9.44. The van der Waals surface area contributed by atoms with Crippen LogP contribution in [0, 0.1) is 0 Å². The molecule has 1 spiro atoms. The van der Waals surface area contributed by atoms with Gasteiger partial charge in [0.2, 0.25) is 5.91 Å². The van der Waals surface area contributed by atoms with Crippen molar-refractivity contribution < 1.29 is 33.7 Å². The molecule has 2 aromatic rings. The van der Waals surface area contributed by atoms with Crippen molar-refractivity contribution in [3.63, 3.8) is 0 Å². The van der Waals surface area contributed by atoms with E-state index < -0.39 is 42.3 Å². The van der Waals surface area contributed by atoms with Gasteiger partial charge < -0.3 is 30.0 Å². The summed E-state index contributed by atoms with van der Waals surface area (Å²) in [4.78, 5) is 37.2. The van der Waals surface area contributed by atoms with Crippen LogP contribution in [-0.4, -0.2) is 60.8 Å². The SMILES string of the molecule is O=C(O)CC(NC(=O)OCC1c2ccccc2-c2ccccc21)C(=O)NC1CCCCC12OCCO2. The highest BCUT2D eigenvalue weighted by Gasteiger charge is 2.47. The van der Waals surface area contributed by atoms with E-state index in [1.807, 2.05) is 48.5 Å². The molecule has 0 bridgehead atoms. The summed E-state index contributed by atoms with van der Waals surface area (Å²) in [7, 11) is 0. The lowest BCUT2D eigenvalue weighted by atomic mass is 9.88. The smallest absolute Gasteiger partial charge is 0.407 e. The Balaban J connectivity index is 1.24. The molecule has 2 aliphatic carbocycles. The summed E-state index contributed by atoms with van der Waals surface area (Å²) in [5.74, 6) is -2.84. The molecule has 2 unspecified atom stereocenters. The van der Waals surface area contributed by atoms with Gasteiger partial charge in [-0.15, -0.1) is 0 Å². The van der Waals surface area contributed by atoms with Crippen molar-refractivity contribution in [1.82, 2.24) is 10.6 Å². The quantitative estimate of drug-likeness (QED) is 0.540. The van der Waals surface area contributed by atoms with Gasteiger partial charge in [0, 0.05) is 12.3 Å². The molecule has 3 N–H and O–H groups in total. The van der Waals surface area contributed by atoms with Crippen molar-refractivity contribution in [3.05, 3.63) is 59.7 Å². The summed E-state index contributed by atoms with van der Waals surface area (Å²) in [5, 5.41) is 14.7. The van der Waals surface area contributed by atoms with Crippen LogP contribution in [0.2, 0.25) is 0 Å². The summed E-state index contributed by atoms with van der Waals surface area (Å²) in [6.07, 6.45) is 1.70. The van der Waals surface area contributed by atoms with Gasteiger partial charge >= 0.3 is 12.1 Å². The van der Waals surface area contributed by atoms with Crippen molar-refractivity contribution in [2.45, 2.75) is 55.9 Å². The van der Waals surface area contributed by atoms with Crippen molar-refractivity contribution in [1.29, 1.82) is 0 Å². The Kier molecular flexibility index (Phi) is 6.93. The fraction of sp³-hybridized carbons (Fsp3) is 0.444. The first-order valence-electron chi connectivity index (χ1n) is 12.4. The van der Waals surface area contributed by atoms with Crippen molar-refractivity contribution in [2.24, 2.45) is 0 Å². The molecule has 1 aliphatic heterocycles. The Morgan fingerprint density at radius 1 is 1.00 bits per heavy atom. The number of carboxylic acids is 1. The van der Waals surface area contributed by atoms with Gasteiger partial charge in [0.05, 0.1) is 25.7 Å². The van der Waals surface area contributed by atoms with E-state index in [9.17, 15) is 19.5 Å². The number of rotatable bonds is 7. The first-order valence-corrected chi connectivity index (χ1v) is 12.4. The molecule has 190 valence electrons.